The van der Waals surface area contributed by atoms with Gasteiger partial charge in [-0.05, 0) is 47.4 Å². The fourth-order valence-electron chi connectivity index (χ4n) is 2.00. The predicted octanol–water partition coefficient (Wildman–Crippen LogP) is 2.88. The van der Waals surface area contributed by atoms with E-state index in [9.17, 15) is 8.42 Å². The van der Waals surface area contributed by atoms with E-state index in [0.29, 0.717) is 16.8 Å². The number of thiophene rings is 2. The maximum atomic E-state index is 12.5. The van der Waals surface area contributed by atoms with Crippen LogP contribution in [0.3, 0.4) is 0 Å². The van der Waals surface area contributed by atoms with Gasteiger partial charge in [0.15, 0.2) is 0 Å². The number of hydrogen-bond acceptors (Lipinski definition) is 5. The van der Waals surface area contributed by atoms with Crippen LogP contribution < -0.4 is 5.32 Å². The van der Waals surface area contributed by atoms with Crippen molar-refractivity contribution in [2.45, 2.75) is 36.2 Å². The van der Waals surface area contributed by atoms with Gasteiger partial charge in [-0.25, -0.2) is 8.42 Å². The summed E-state index contributed by atoms with van der Waals surface area (Å²) in [6.45, 7) is 1.18. The maximum absolute atomic E-state index is 12.5. The van der Waals surface area contributed by atoms with Crippen LogP contribution in [0.4, 0.5) is 0 Å². The summed E-state index contributed by atoms with van der Waals surface area (Å²) in [5, 5.41) is 7.35. The minimum atomic E-state index is -3.39. The Balaban J connectivity index is 1.68. The van der Waals surface area contributed by atoms with Crippen molar-refractivity contribution < 1.29 is 8.42 Å². The molecule has 1 fully saturated rings. The van der Waals surface area contributed by atoms with E-state index in [1.54, 1.807) is 24.5 Å². The molecule has 3 rings (SSSR count). The van der Waals surface area contributed by atoms with Crippen LogP contribution in [-0.4, -0.2) is 25.8 Å². The minimum Gasteiger partial charge on any atom is -0.309 e. The summed E-state index contributed by atoms with van der Waals surface area (Å²) in [5.41, 5.74) is 1.03. The molecule has 0 bridgehead atoms. The van der Waals surface area contributed by atoms with Gasteiger partial charge in [-0.2, -0.15) is 15.6 Å². The molecule has 2 heterocycles. The smallest absolute Gasteiger partial charge is 0.252 e. The van der Waals surface area contributed by atoms with E-state index < -0.39 is 10.0 Å². The van der Waals surface area contributed by atoms with Crippen LogP contribution in [0, 0.1) is 0 Å². The highest BCUT2D eigenvalue weighted by atomic mass is 32.2. The van der Waals surface area contributed by atoms with Gasteiger partial charge in [-0.1, -0.05) is 0 Å². The lowest BCUT2D eigenvalue weighted by atomic mass is 10.3. The average molecular weight is 343 g/mol. The van der Waals surface area contributed by atoms with Crippen LogP contribution in [0.5, 0.6) is 0 Å². The van der Waals surface area contributed by atoms with Gasteiger partial charge in [-0.3, -0.25) is 0 Å². The standard InChI is InChI=1S/C14H18N2O2S3/c1-16(9-11-6-7-19-10-11)21(17,18)14-5-4-13(20-14)8-15-12-2-3-12/h4-7,10,12,15H,2-3,8-9H2,1H3. The molecule has 0 saturated heterocycles. The molecular formula is C14H18N2O2S3. The van der Waals surface area contributed by atoms with Gasteiger partial charge in [0, 0.05) is 31.1 Å². The number of nitrogens with one attached hydrogen (secondary N) is 1. The second-order valence-corrected chi connectivity index (χ2v) is 9.49. The molecule has 0 spiro atoms. The lowest BCUT2D eigenvalue weighted by Gasteiger charge is -2.15. The lowest BCUT2D eigenvalue weighted by molar-refractivity contribution is 0.469. The number of rotatable bonds is 7. The average Bonchev–Trinajstić information content (AvgIpc) is 2.93. The summed E-state index contributed by atoms with van der Waals surface area (Å²) in [6.07, 6.45) is 2.47. The van der Waals surface area contributed by atoms with Crippen molar-refractivity contribution in [3.8, 4) is 0 Å². The molecule has 21 heavy (non-hydrogen) atoms. The first-order chi connectivity index (χ1) is 10.1. The van der Waals surface area contributed by atoms with Crippen molar-refractivity contribution in [1.82, 2.24) is 9.62 Å². The van der Waals surface area contributed by atoms with Crippen LogP contribution in [0.15, 0.2) is 33.2 Å². The van der Waals surface area contributed by atoms with Crippen LogP contribution in [0.1, 0.15) is 23.3 Å². The first-order valence-corrected chi connectivity index (χ1v) is 10.0. The van der Waals surface area contributed by atoms with E-state index in [1.807, 2.05) is 22.9 Å². The molecule has 0 radical (unpaired) electrons. The van der Waals surface area contributed by atoms with Crippen molar-refractivity contribution in [2.75, 3.05) is 7.05 Å². The highest BCUT2D eigenvalue weighted by molar-refractivity contribution is 7.91. The van der Waals surface area contributed by atoms with E-state index in [1.165, 1.54) is 28.5 Å². The Morgan fingerprint density at radius 2 is 2.14 bits per heavy atom. The molecule has 4 nitrogen and oxygen atoms in total. The first kappa shape index (κ1) is 15.2. The third kappa shape index (κ3) is 3.73. The second-order valence-electron chi connectivity index (χ2n) is 5.27. The van der Waals surface area contributed by atoms with E-state index in [2.05, 4.69) is 5.32 Å². The van der Waals surface area contributed by atoms with Crippen LogP contribution >= 0.6 is 22.7 Å². The van der Waals surface area contributed by atoms with Crippen molar-refractivity contribution in [3.63, 3.8) is 0 Å². The molecule has 2 aromatic heterocycles. The van der Waals surface area contributed by atoms with Gasteiger partial charge in [0.1, 0.15) is 4.21 Å². The molecule has 1 N–H and O–H groups in total. The van der Waals surface area contributed by atoms with Crippen LogP contribution in [-0.2, 0) is 23.1 Å². The Bertz CT molecular complexity index is 688. The Morgan fingerprint density at radius 3 is 2.81 bits per heavy atom. The molecular weight excluding hydrogens is 324 g/mol. The van der Waals surface area contributed by atoms with Gasteiger partial charge < -0.3 is 5.32 Å². The van der Waals surface area contributed by atoms with Crippen molar-refractivity contribution in [3.05, 3.63) is 39.4 Å². The normalized spacial score (nSPS) is 15.7. The molecule has 1 aliphatic carbocycles. The number of nitrogens with zero attached hydrogens (tertiary/aromatic N) is 1. The van der Waals surface area contributed by atoms with Crippen molar-refractivity contribution in [2.24, 2.45) is 0 Å². The van der Waals surface area contributed by atoms with Crippen molar-refractivity contribution in [1.29, 1.82) is 0 Å². The zero-order valence-corrected chi connectivity index (χ0v) is 14.2. The van der Waals surface area contributed by atoms with Crippen LogP contribution in [0.25, 0.3) is 0 Å². The monoisotopic (exact) mass is 342 g/mol. The fourth-order valence-corrected chi connectivity index (χ4v) is 5.34. The van der Waals surface area contributed by atoms with E-state index >= 15 is 0 Å². The van der Waals surface area contributed by atoms with Crippen molar-refractivity contribution >= 4 is 32.7 Å². The second kappa shape index (κ2) is 6.18. The molecule has 1 aliphatic rings. The summed E-state index contributed by atoms with van der Waals surface area (Å²) in [5.74, 6) is 0. The third-order valence-electron chi connectivity index (χ3n) is 3.43. The highest BCUT2D eigenvalue weighted by Crippen LogP contribution is 2.26. The summed E-state index contributed by atoms with van der Waals surface area (Å²) in [4.78, 5) is 1.07. The molecule has 2 aromatic rings. The first-order valence-electron chi connectivity index (χ1n) is 6.85. The molecule has 114 valence electrons. The molecule has 7 heteroatoms. The Hall–Kier alpha value is -0.730. The molecule has 0 aromatic carbocycles. The fraction of sp³-hybridized carbons (Fsp3) is 0.429. The molecule has 0 aliphatic heterocycles. The zero-order valence-electron chi connectivity index (χ0n) is 11.8. The Kier molecular flexibility index (Phi) is 4.46. The van der Waals surface area contributed by atoms with E-state index in [-0.39, 0.29) is 0 Å². The SMILES string of the molecule is CN(Cc1ccsc1)S(=O)(=O)c1ccc(CNC2CC2)s1. The summed E-state index contributed by atoms with van der Waals surface area (Å²) in [6, 6.07) is 6.21. The molecule has 0 atom stereocenters. The molecule has 0 amide bonds. The molecule has 0 unspecified atom stereocenters. The van der Waals surface area contributed by atoms with Gasteiger partial charge in [0.25, 0.3) is 10.0 Å². The summed E-state index contributed by atoms with van der Waals surface area (Å²) in [7, 11) is -1.75. The summed E-state index contributed by atoms with van der Waals surface area (Å²) >= 11 is 2.94. The van der Waals surface area contributed by atoms with E-state index in [4.69, 9.17) is 0 Å². The zero-order chi connectivity index (χ0) is 14.9. The largest absolute Gasteiger partial charge is 0.309 e. The summed E-state index contributed by atoms with van der Waals surface area (Å²) < 4.78 is 26.9. The molecule has 1 saturated carbocycles. The predicted molar refractivity (Wildman–Crippen MR) is 87.2 cm³/mol. The quantitative estimate of drug-likeness (QED) is 0.842. The number of hydrogen-bond donors (Lipinski definition) is 1. The van der Waals surface area contributed by atoms with E-state index in [0.717, 1.165) is 17.0 Å². The van der Waals surface area contributed by atoms with Gasteiger partial charge in [0.2, 0.25) is 0 Å². The lowest BCUT2D eigenvalue weighted by Crippen LogP contribution is -2.25. The van der Waals surface area contributed by atoms with Gasteiger partial charge in [-0.15, -0.1) is 11.3 Å². The Labute approximate surface area is 133 Å². The van der Waals surface area contributed by atoms with Gasteiger partial charge in [0.05, 0.1) is 0 Å². The number of sulfonamides is 1. The topological polar surface area (TPSA) is 49.4 Å². The third-order valence-corrected chi connectivity index (χ3v) is 7.52. The maximum Gasteiger partial charge on any atom is 0.252 e. The Morgan fingerprint density at radius 1 is 1.33 bits per heavy atom. The minimum absolute atomic E-state index is 0.416. The highest BCUT2D eigenvalue weighted by Gasteiger charge is 2.24. The van der Waals surface area contributed by atoms with Crippen LogP contribution in [0.2, 0.25) is 0 Å². The van der Waals surface area contributed by atoms with Gasteiger partial charge >= 0.3 is 0 Å².